The summed E-state index contributed by atoms with van der Waals surface area (Å²) < 4.78 is 5.38. The summed E-state index contributed by atoms with van der Waals surface area (Å²) in [6, 6.07) is 0. The second-order valence-corrected chi connectivity index (χ2v) is 5.96. The Bertz CT molecular complexity index is 291. The number of hydrogen-bond acceptors (Lipinski definition) is 4. The number of nitrogens with zero attached hydrogens (tertiary/aromatic N) is 1. The number of carbonyl (C=O) groups is 1. The van der Waals surface area contributed by atoms with Crippen LogP contribution < -0.4 is 11.1 Å². The summed E-state index contributed by atoms with van der Waals surface area (Å²) in [4.78, 5) is 14.0. The number of likely N-dealkylation sites (tertiary alicyclic amines) is 1. The van der Waals surface area contributed by atoms with Crippen LogP contribution >= 0.6 is 0 Å². The van der Waals surface area contributed by atoms with E-state index in [1.165, 1.54) is 0 Å². The van der Waals surface area contributed by atoms with Gasteiger partial charge in [-0.15, -0.1) is 0 Å². The molecule has 0 saturated carbocycles. The minimum absolute atomic E-state index is 0.250. The van der Waals surface area contributed by atoms with Gasteiger partial charge in [-0.05, 0) is 52.1 Å². The highest BCUT2D eigenvalue weighted by Gasteiger charge is 2.29. The van der Waals surface area contributed by atoms with E-state index in [4.69, 9.17) is 10.5 Å². The fourth-order valence-electron chi connectivity index (χ4n) is 2.87. The van der Waals surface area contributed by atoms with Gasteiger partial charge in [-0.1, -0.05) is 6.92 Å². The number of piperidine rings is 1. The van der Waals surface area contributed by atoms with Crippen molar-refractivity contribution in [2.75, 3.05) is 33.3 Å². The van der Waals surface area contributed by atoms with Crippen molar-refractivity contribution in [1.82, 2.24) is 10.2 Å². The molecule has 5 nitrogen and oxygen atoms in total. The van der Waals surface area contributed by atoms with E-state index in [-0.39, 0.29) is 5.91 Å². The summed E-state index contributed by atoms with van der Waals surface area (Å²) in [5.74, 6) is -0.250. The average Bonchev–Trinajstić information content (AvgIpc) is 2.44. The number of primary amides is 1. The predicted molar refractivity (Wildman–Crippen MR) is 81.6 cm³/mol. The molecule has 1 unspecified atom stereocenters. The molecular weight excluding hydrogens is 254 g/mol. The lowest BCUT2D eigenvalue weighted by Gasteiger charge is -2.31. The number of likely N-dealkylation sites (N-methyl/N-ethyl adjacent to an activating group) is 1. The molecule has 20 heavy (non-hydrogen) atoms. The molecule has 1 heterocycles. The number of unbranched alkanes of at least 4 members (excludes halogenated alkanes) is 1. The number of nitrogens with one attached hydrogen (secondary N) is 1. The van der Waals surface area contributed by atoms with E-state index in [1.54, 1.807) is 7.11 Å². The van der Waals surface area contributed by atoms with Gasteiger partial charge in [-0.25, -0.2) is 0 Å². The Labute approximate surface area is 123 Å². The van der Waals surface area contributed by atoms with E-state index >= 15 is 0 Å². The molecule has 1 amide bonds. The van der Waals surface area contributed by atoms with Gasteiger partial charge in [0.25, 0.3) is 0 Å². The Morgan fingerprint density at radius 2 is 2.05 bits per heavy atom. The van der Waals surface area contributed by atoms with E-state index in [0.29, 0.717) is 6.10 Å². The van der Waals surface area contributed by atoms with Gasteiger partial charge in [-0.3, -0.25) is 4.79 Å². The van der Waals surface area contributed by atoms with Crippen molar-refractivity contribution in [3.8, 4) is 0 Å². The molecule has 0 aromatic rings. The van der Waals surface area contributed by atoms with Gasteiger partial charge in [0.1, 0.15) is 0 Å². The van der Waals surface area contributed by atoms with Crippen LogP contribution in [0.1, 0.15) is 46.0 Å². The molecule has 0 aromatic heterocycles. The third-order valence-corrected chi connectivity index (χ3v) is 4.38. The Morgan fingerprint density at radius 1 is 1.40 bits per heavy atom. The van der Waals surface area contributed by atoms with Crippen molar-refractivity contribution in [2.45, 2.75) is 57.6 Å². The van der Waals surface area contributed by atoms with Crippen molar-refractivity contribution in [1.29, 1.82) is 0 Å². The maximum atomic E-state index is 11.5. The largest absolute Gasteiger partial charge is 0.381 e. The molecule has 1 aliphatic rings. The predicted octanol–water partition coefficient (Wildman–Crippen LogP) is 1.12. The molecule has 3 N–H and O–H groups in total. The van der Waals surface area contributed by atoms with Crippen LogP contribution in [0.4, 0.5) is 0 Å². The molecule has 1 fully saturated rings. The van der Waals surface area contributed by atoms with Crippen molar-refractivity contribution >= 4 is 5.91 Å². The first-order valence-corrected chi connectivity index (χ1v) is 7.82. The van der Waals surface area contributed by atoms with Gasteiger partial charge in [0.15, 0.2) is 0 Å². The van der Waals surface area contributed by atoms with Gasteiger partial charge in [0, 0.05) is 20.2 Å². The number of amides is 1. The highest BCUT2D eigenvalue weighted by Crippen LogP contribution is 2.16. The topological polar surface area (TPSA) is 67.6 Å². The SMILES string of the molecule is CCNC(C)(CCCCN1CCC(OC)CC1)C(N)=O. The Balaban J connectivity index is 2.19. The van der Waals surface area contributed by atoms with E-state index in [2.05, 4.69) is 10.2 Å². The number of methoxy groups -OCH3 is 1. The van der Waals surface area contributed by atoms with E-state index in [1.807, 2.05) is 13.8 Å². The monoisotopic (exact) mass is 285 g/mol. The highest BCUT2D eigenvalue weighted by molar-refractivity contribution is 5.84. The van der Waals surface area contributed by atoms with Crippen LogP contribution in [-0.2, 0) is 9.53 Å². The molecule has 1 rings (SSSR count). The smallest absolute Gasteiger partial charge is 0.237 e. The lowest BCUT2D eigenvalue weighted by molar-refractivity contribution is -0.124. The lowest BCUT2D eigenvalue weighted by atomic mass is 9.93. The van der Waals surface area contributed by atoms with Crippen LogP contribution in [0.5, 0.6) is 0 Å². The van der Waals surface area contributed by atoms with Gasteiger partial charge >= 0.3 is 0 Å². The van der Waals surface area contributed by atoms with Crippen LogP contribution in [0.2, 0.25) is 0 Å². The first kappa shape index (κ1) is 17.4. The quantitative estimate of drug-likeness (QED) is 0.623. The summed E-state index contributed by atoms with van der Waals surface area (Å²) in [7, 11) is 1.80. The highest BCUT2D eigenvalue weighted by atomic mass is 16.5. The fourth-order valence-corrected chi connectivity index (χ4v) is 2.87. The summed E-state index contributed by atoms with van der Waals surface area (Å²) in [6.07, 6.45) is 5.66. The molecule has 0 aliphatic carbocycles. The number of nitrogens with two attached hydrogens (primary N) is 1. The first-order valence-electron chi connectivity index (χ1n) is 7.82. The Kier molecular flexibility index (Phi) is 7.48. The molecule has 0 spiro atoms. The zero-order chi connectivity index (χ0) is 15.0. The third kappa shape index (κ3) is 5.38. The van der Waals surface area contributed by atoms with Gasteiger partial charge in [0.2, 0.25) is 5.91 Å². The molecule has 1 aliphatic heterocycles. The minimum atomic E-state index is -0.558. The van der Waals surface area contributed by atoms with Crippen LogP contribution in [0.25, 0.3) is 0 Å². The number of carbonyl (C=O) groups excluding carboxylic acids is 1. The van der Waals surface area contributed by atoms with Gasteiger partial charge in [0.05, 0.1) is 11.6 Å². The van der Waals surface area contributed by atoms with Crippen LogP contribution in [0.15, 0.2) is 0 Å². The third-order valence-electron chi connectivity index (χ3n) is 4.38. The second kappa shape index (κ2) is 8.60. The van der Waals surface area contributed by atoms with E-state index in [9.17, 15) is 4.79 Å². The molecule has 118 valence electrons. The second-order valence-electron chi connectivity index (χ2n) is 5.96. The molecule has 5 heteroatoms. The van der Waals surface area contributed by atoms with Gasteiger partial charge < -0.3 is 20.7 Å². The van der Waals surface area contributed by atoms with E-state index in [0.717, 1.165) is 58.3 Å². The van der Waals surface area contributed by atoms with Crippen molar-refractivity contribution in [2.24, 2.45) is 5.73 Å². The fraction of sp³-hybridized carbons (Fsp3) is 0.933. The summed E-state index contributed by atoms with van der Waals surface area (Å²) >= 11 is 0. The molecule has 0 bridgehead atoms. The standard InChI is InChI=1S/C15H31N3O2/c1-4-17-15(2,14(16)19)9-5-6-10-18-11-7-13(20-3)8-12-18/h13,17H,4-12H2,1-3H3,(H2,16,19). The zero-order valence-corrected chi connectivity index (χ0v) is 13.3. The Morgan fingerprint density at radius 3 is 2.55 bits per heavy atom. The number of ether oxygens (including phenoxy) is 1. The van der Waals surface area contributed by atoms with Crippen LogP contribution in [0.3, 0.4) is 0 Å². The maximum Gasteiger partial charge on any atom is 0.237 e. The van der Waals surface area contributed by atoms with Gasteiger partial charge in [-0.2, -0.15) is 0 Å². The average molecular weight is 285 g/mol. The van der Waals surface area contributed by atoms with Crippen molar-refractivity contribution in [3.63, 3.8) is 0 Å². The molecule has 1 saturated heterocycles. The lowest BCUT2D eigenvalue weighted by Crippen LogP contribution is -2.53. The normalized spacial score (nSPS) is 20.8. The van der Waals surface area contributed by atoms with E-state index < -0.39 is 5.54 Å². The molecule has 0 aromatic carbocycles. The molecule has 0 radical (unpaired) electrons. The number of hydrogen-bond donors (Lipinski definition) is 2. The summed E-state index contributed by atoms with van der Waals surface area (Å²) in [6.45, 7) is 8.03. The first-order chi connectivity index (χ1) is 9.51. The molecule has 1 atom stereocenters. The Hall–Kier alpha value is -0.650. The minimum Gasteiger partial charge on any atom is -0.381 e. The van der Waals surface area contributed by atoms with Crippen molar-refractivity contribution < 1.29 is 9.53 Å². The van der Waals surface area contributed by atoms with Crippen molar-refractivity contribution in [3.05, 3.63) is 0 Å². The zero-order valence-electron chi connectivity index (χ0n) is 13.3. The maximum absolute atomic E-state index is 11.5. The number of rotatable bonds is 9. The summed E-state index contributed by atoms with van der Waals surface area (Å²) in [5, 5.41) is 3.21. The summed E-state index contributed by atoms with van der Waals surface area (Å²) in [5.41, 5.74) is 4.93. The molecular formula is C15H31N3O2. The van der Waals surface area contributed by atoms with Crippen LogP contribution in [-0.4, -0.2) is 55.7 Å². The van der Waals surface area contributed by atoms with Crippen LogP contribution in [0, 0.1) is 0 Å².